The Morgan fingerprint density at radius 1 is 1.15 bits per heavy atom. The summed E-state index contributed by atoms with van der Waals surface area (Å²) in [5.41, 5.74) is 8.62. The minimum absolute atomic E-state index is 0.282. The van der Waals surface area contributed by atoms with Crippen LogP contribution in [0.2, 0.25) is 0 Å². The van der Waals surface area contributed by atoms with Crippen LogP contribution in [0, 0.1) is 18.6 Å². The van der Waals surface area contributed by atoms with E-state index in [4.69, 9.17) is 5.73 Å². The van der Waals surface area contributed by atoms with Crippen molar-refractivity contribution in [3.8, 4) is 0 Å². The Labute approximate surface area is 114 Å². The van der Waals surface area contributed by atoms with E-state index in [2.05, 4.69) is 4.98 Å². The molecule has 102 valence electrons. The van der Waals surface area contributed by atoms with Gasteiger partial charge < -0.3 is 10.3 Å². The molecule has 0 spiro atoms. The van der Waals surface area contributed by atoms with Crippen molar-refractivity contribution in [2.45, 2.75) is 13.5 Å². The standard InChI is InChI=1S/C15H13F2N3/c1-9-6-14-13(7-12(9)17)19-15(18)20(14)8-10-2-4-11(16)5-3-10/h2-7H,8H2,1H3,(H2,18,19). The molecule has 0 radical (unpaired) electrons. The number of nitrogen functional groups attached to an aromatic ring is 1. The van der Waals surface area contributed by atoms with Crippen LogP contribution >= 0.6 is 0 Å². The topological polar surface area (TPSA) is 43.8 Å². The number of aromatic nitrogens is 2. The van der Waals surface area contributed by atoms with Gasteiger partial charge in [0.15, 0.2) is 0 Å². The maximum absolute atomic E-state index is 13.5. The molecule has 0 aliphatic rings. The maximum Gasteiger partial charge on any atom is 0.201 e. The molecule has 5 heteroatoms. The Morgan fingerprint density at radius 2 is 1.85 bits per heavy atom. The summed E-state index contributed by atoms with van der Waals surface area (Å²) in [4.78, 5) is 4.16. The average molecular weight is 273 g/mol. The van der Waals surface area contributed by atoms with Crippen LogP contribution in [0.1, 0.15) is 11.1 Å². The number of hydrogen-bond acceptors (Lipinski definition) is 2. The third kappa shape index (κ3) is 2.11. The summed E-state index contributed by atoms with van der Waals surface area (Å²) in [6.45, 7) is 2.16. The fraction of sp³-hybridized carbons (Fsp3) is 0.133. The second-order valence-corrected chi connectivity index (χ2v) is 4.77. The zero-order valence-electron chi connectivity index (χ0n) is 10.9. The van der Waals surface area contributed by atoms with Gasteiger partial charge in [0.05, 0.1) is 17.6 Å². The van der Waals surface area contributed by atoms with Crippen LogP contribution in [0.3, 0.4) is 0 Å². The summed E-state index contributed by atoms with van der Waals surface area (Å²) >= 11 is 0. The Balaban J connectivity index is 2.08. The van der Waals surface area contributed by atoms with Crippen molar-refractivity contribution in [1.29, 1.82) is 0 Å². The maximum atomic E-state index is 13.5. The first-order valence-corrected chi connectivity index (χ1v) is 6.21. The van der Waals surface area contributed by atoms with Crippen LogP contribution in [-0.4, -0.2) is 9.55 Å². The predicted octanol–water partition coefficient (Wildman–Crippen LogP) is 3.25. The quantitative estimate of drug-likeness (QED) is 0.779. The first kappa shape index (κ1) is 12.6. The number of nitrogens with two attached hydrogens (primary N) is 1. The van der Waals surface area contributed by atoms with E-state index in [-0.39, 0.29) is 11.6 Å². The molecule has 0 aliphatic carbocycles. The van der Waals surface area contributed by atoms with Crippen molar-refractivity contribution in [3.05, 3.63) is 59.2 Å². The van der Waals surface area contributed by atoms with Crippen LogP contribution in [0.25, 0.3) is 11.0 Å². The minimum Gasteiger partial charge on any atom is -0.369 e. The van der Waals surface area contributed by atoms with Gasteiger partial charge in [-0.1, -0.05) is 12.1 Å². The number of benzene rings is 2. The van der Waals surface area contributed by atoms with Gasteiger partial charge in [0.2, 0.25) is 5.95 Å². The predicted molar refractivity (Wildman–Crippen MR) is 74.3 cm³/mol. The van der Waals surface area contributed by atoms with Gasteiger partial charge in [0.1, 0.15) is 11.6 Å². The molecule has 2 N–H and O–H groups in total. The lowest BCUT2D eigenvalue weighted by Gasteiger charge is -2.07. The van der Waals surface area contributed by atoms with E-state index < -0.39 is 0 Å². The molecule has 1 aromatic heterocycles. The molecule has 0 unspecified atom stereocenters. The first-order chi connectivity index (χ1) is 9.54. The fourth-order valence-electron chi connectivity index (χ4n) is 2.21. The van der Waals surface area contributed by atoms with Gasteiger partial charge >= 0.3 is 0 Å². The second kappa shape index (κ2) is 4.59. The van der Waals surface area contributed by atoms with E-state index in [0.29, 0.717) is 23.6 Å². The van der Waals surface area contributed by atoms with Crippen molar-refractivity contribution in [2.75, 3.05) is 5.73 Å². The fourth-order valence-corrected chi connectivity index (χ4v) is 2.21. The molecular weight excluding hydrogens is 260 g/mol. The largest absolute Gasteiger partial charge is 0.369 e. The number of nitrogens with zero attached hydrogens (tertiary/aromatic N) is 2. The smallest absolute Gasteiger partial charge is 0.201 e. The average Bonchev–Trinajstić information content (AvgIpc) is 2.69. The van der Waals surface area contributed by atoms with Crippen LogP contribution in [0.5, 0.6) is 0 Å². The zero-order chi connectivity index (χ0) is 14.3. The van der Waals surface area contributed by atoms with Gasteiger partial charge in [-0.25, -0.2) is 13.8 Å². The highest BCUT2D eigenvalue weighted by atomic mass is 19.1. The molecule has 0 atom stereocenters. The molecule has 3 rings (SSSR count). The molecule has 2 aromatic carbocycles. The van der Waals surface area contributed by atoms with Crippen molar-refractivity contribution < 1.29 is 8.78 Å². The van der Waals surface area contributed by atoms with Gasteiger partial charge in [-0.05, 0) is 36.2 Å². The lowest BCUT2D eigenvalue weighted by molar-refractivity contribution is 0.620. The number of halogens is 2. The van der Waals surface area contributed by atoms with Crippen LogP contribution in [0.4, 0.5) is 14.7 Å². The Kier molecular flexibility index (Phi) is 2.89. The number of hydrogen-bond donors (Lipinski definition) is 1. The van der Waals surface area contributed by atoms with Crippen molar-refractivity contribution in [3.63, 3.8) is 0 Å². The summed E-state index contributed by atoms with van der Waals surface area (Å²) in [6, 6.07) is 9.28. The Bertz CT molecular complexity index is 776. The van der Waals surface area contributed by atoms with Crippen molar-refractivity contribution >= 4 is 17.0 Å². The highest BCUT2D eigenvalue weighted by molar-refractivity contribution is 5.79. The summed E-state index contributed by atoms with van der Waals surface area (Å²) in [6.07, 6.45) is 0. The highest BCUT2D eigenvalue weighted by Gasteiger charge is 2.11. The zero-order valence-corrected chi connectivity index (χ0v) is 10.9. The van der Waals surface area contributed by atoms with Crippen LogP contribution in [0.15, 0.2) is 36.4 Å². The monoisotopic (exact) mass is 273 g/mol. The van der Waals surface area contributed by atoms with Gasteiger partial charge in [0.25, 0.3) is 0 Å². The minimum atomic E-state index is -0.302. The van der Waals surface area contributed by atoms with E-state index in [1.165, 1.54) is 18.2 Å². The van der Waals surface area contributed by atoms with E-state index in [0.717, 1.165) is 11.1 Å². The molecule has 1 heterocycles. The normalized spacial score (nSPS) is 11.2. The molecule has 20 heavy (non-hydrogen) atoms. The molecule has 0 bridgehead atoms. The van der Waals surface area contributed by atoms with Gasteiger partial charge in [0, 0.05) is 6.07 Å². The molecule has 3 nitrogen and oxygen atoms in total. The highest BCUT2D eigenvalue weighted by Crippen LogP contribution is 2.22. The molecule has 0 aliphatic heterocycles. The SMILES string of the molecule is Cc1cc2c(cc1F)nc(N)n2Cc1ccc(F)cc1. The Morgan fingerprint density at radius 3 is 2.55 bits per heavy atom. The van der Waals surface area contributed by atoms with Gasteiger partial charge in [-0.2, -0.15) is 0 Å². The molecule has 0 saturated heterocycles. The molecule has 0 fully saturated rings. The van der Waals surface area contributed by atoms with E-state index >= 15 is 0 Å². The number of fused-ring (bicyclic) bond motifs is 1. The lowest BCUT2D eigenvalue weighted by atomic mass is 10.2. The number of rotatable bonds is 2. The molecule has 3 aromatic rings. The van der Waals surface area contributed by atoms with Gasteiger partial charge in [-0.3, -0.25) is 0 Å². The first-order valence-electron chi connectivity index (χ1n) is 6.21. The van der Waals surface area contributed by atoms with Gasteiger partial charge in [-0.15, -0.1) is 0 Å². The lowest BCUT2D eigenvalue weighted by Crippen LogP contribution is -2.04. The third-order valence-electron chi connectivity index (χ3n) is 3.31. The van der Waals surface area contributed by atoms with E-state index in [1.807, 2.05) is 0 Å². The summed E-state index contributed by atoms with van der Waals surface area (Å²) < 4.78 is 28.2. The number of imidazole rings is 1. The van der Waals surface area contributed by atoms with E-state index in [9.17, 15) is 8.78 Å². The van der Waals surface area contributed by atoms with E-state index in [1.54, 1.807) is 29.7 Å². The molecule has 0 saturated carbocycles. The molecule has 0 amide bonds. The summed E-state index contributed by atoms with van der Waals surface area (Å²) in [5, 5.41) is 0. The third-order valence-corrected chi connectivity index (χ3v) is 3.31. The summed E-state index contributed by atoms with van der Waals surface area (Å²) in [5.74, 6) is -0.270. The molecular formula is C15H13F2N3. The van der Waals surface area contributed by atoms with Crippen LogP contribution < -0.4 is 5.73 Å². The van der Waals surface area contributed by atoms with Crippen molar-refractivity contribution in [2.24, 2.45) is 0 Å². The number of anilines is 1. The van der Waals surface area contributed by atoms with Crippen LogP contribution in [-0.2, 0) is 6.54 Å². The summed E-state index contributed by atoms with van der Waals surface area (Å²) in [7, 11) is 0. The number of aryl methyl sites for hydroxylation is 1. The van der Waals surface area contributed by atoms with Crippen molar-refractivity contribution in [1.82, 2.24) is 9.55 Å². The second-order valence-electron chi connectivity index (χ2n) is 4.77. The Hall–Kier alpha value is -2.43.